The minimum Gasteiger partial charge on any atom is -0.342 e. The van der Waals surface area contributed by atoms with Gasteiger partial charge in [0.25, 0.3) is 5.69 Å². The molecule has 0 saturated heterocycles. The monoisotopic (exact) mass is 347 g/mol. The Labute approximate surface area is 144 Å². The maximum Gasteiger partial charge on any atom is 0.269 e. The van der Waals surface area contributed by atoms with Crippen LogP contribution in [0, 0.1) is 10.1 Å². The molecule has 1 aromatic carbocycles. The van der Waals surface area contributed by atoms with Crippen LogP contribution in [0.5, 0.6) is 0 Å². The molecule has 0 spiro atoms. The van der Waals surface area contributed by atoms with Gasteiger partial charge in [-0.2, -0.15) is 0 Å². The second kappa shape index (κ2) is 6.64. The maximum atomic E-state index is 10.7. The molecule has 1 N–H and O–H groups in total. The number of nitrogens with one attached hydrogen (secondary N) is 1. The molecular weight excluding hydrogens is 330 g/mol. The molecule has 5 nitrogen and oxygen atoms in total. The van der Waals surface area contributed by atoms with E-state index in [-0.39, 0.29) is 5.69 Å². The first kappa shape index (κ1) is 15.9. The second-order valence-corrected chi connectivity index (χ2v) is 6.79. The summed E-state index contributed by atoms with van der Waals surface area (Å²) in [7, 11) is 0. The maximum absolute atomic E-state index is 10.7. The van der Waals surface area contributed by atoms with Crippen LogP contribution >= 0.6 is 23.6 Å². The molecule has 1 aliphatic heterocycles. The zero-order chi connectivity index (χ0) is 16.4. The van der Waals surface area contributed by atoms with Crippen molar-refractivity contribution in [3.8, 4) is 0 Å². The highest BCUT2D eigenvalue weighted by atomic mass is 32.1. The smallest absolute Gasteiger partial charge is 0.269 e. The summed E-state index contributed by atoms with van der Waals surface area (Å²) < 4.78 is 0. The van der Waals surface area contributed by atoms with Gasteiger partial charge in [0.2, 0.25) is 0 Å². The summed E-state index contributed by atoms with van der Waals surface area (Å²) in [5.41, 5.74) is 2.22. The van der Waals surface area contributed by atoms with Gasteiger partial charge in [0.15, 0.2) is 5.11 Å². The number of non-ortho nitro benzene ring substituents is 1. The lowest BCUT2D eigenvalue weighted by Gasteiger charge is -2.37. The Hall–Kier alpha value is -1.99. The fourth-order valence-electron chi connectivity index (χ4n) is 2.94. The number of hydrogen-bond donors (Lipinski definition) is 1. The van der Waals surface area contributed by atoms with Crippen molar-refractivity contribution in [3.63, 3.8) is 0 Å². The van der Waals surface area contributed by atoms with Crippen LogP contribution in [0.2, 0.25) is 0 Å². The topological polar surface area (TPSA) is 58.4 Å². The number of nitro benzene ring substituents is 1. The Balaban J connectivity index is 1.74. The lowest BCUT2D eigenvalue weighted by molar-refractivity contribution is -0.384. The van der Waals surface area contributed by atoms with Crippen LogP contribution in [0.3, 0.4) is 0 Å². The van der Waals surface area contributed by atoms with Crippen molar-refractivity contribution in [2.24, 2.45) is 0 Å². The number of thiocarbonyl (C=S) groups is 1. The summed E-state index contributed by atoms with van der Waals surface area (Å²) in [6.45, 7) is 3.06. The highest BCUT2D eigenvalue weighted by Gasteiger charge is 2.28. The van der Waals surface area contributed by atoms with Crippen molar-refractivity contribution in [3.05, 3.63) is 56.3 Å². The normalized spacial score (nSPS) is 16.7. The van der Waals surface area contributed by atoms with E-state index in [2.05, 4.69) is 28.6 Å². The van der Waals surface area contributed by atoms with Gasteiger partial charge in [-0.1, -0.05) is 6.92 Å². The van der Waals surface area contributed by atoms with Crippen molar-refractivity contribution in [1.82, 2.24) is 4.90 Å². The molecule has 3 rings (SSSR count). The molecule has 7 heteroatoms. The number of hydrogen-bond acceptors (Lipinski definition) is 4. The summed E-state index contributed by atoms with van der Waals surface area (Å²) in [4.78, 5) is 14.0. The van der Waals surface area contributed by atoms with E-state index in [0.717, 1.165) is 25.1 Å². The molecule has 23 heavy (non-hydrogen) atoms. The number of benzene rings is 1. The van der Waals surface area contributed by atoms with E-state index < -0.39 is 4.92 Å². The lowest BCUT2D eigenvalue weighted by Crippen LogP contribution is -2.41. The summed E-state index contributed by atoms with van der Waals surface area (Å²) in [6, 6.07) is 8.82. The molecule has 2 aromatic rings. The SMILES string of the molecule is CC[C@@H]1c2ccsc2CCN1C(=S)Nc1ccc([N+](=O)[O-])cc1. The van der Waals surface area contributed by atoms with Crippen LogP contribution in [-0.4, -0.2) is 21.5 Å². The molecule has 0 radical (unpaired) electrons. The molecule has 1 aromatic heterocycles. The summed E-state index contributed by atoms with van der Waals surface area (Å²) >= 11 is 7.38. The Morgan fingerprint density at radius 1 is 1.43 bits per heavy atom. The average Bonchev–Trinajstić information content (AvgIpc) is 3.02. The molecule has 1 aliphatic rings. The fraction of sp³-hybridized carbons (Fsp3) is 0.312. The Morgan fingerprint density at radius 3 is 2.83 bits per heavy atom. The van der Waals surface area contributed by atoms with Gasteiger partial charge < -0.3 is 10.2 Å². The largest absolute Gasteiger partial charge is 0.342 e. The van der Waals surface area contributed by atoms with Crippen molar-refractivity contribution in [2.45, 2.75) is 25.8 Å². The lowest BCUT2D eigenvalue weighted by atomic mass is 9.98. The average molecular weight is 347 g/mol. The zero-order valence-corrected chi connectivity index (χ0v) is 14.3. The van der Waals surface area contributed by atoms with Crippen LogP contribution in [0.4, 0.5) is 11.4 Å². The standard InChI is InChI=1S/C16H17N3O2S2/c1-2-14-13-8-10-23-15(13)7-9-18(14)16(22)17-11-3-5-12(6-4-11)19(20)21/h3-6,8,10,14H,2,7,9H2,1H3,(H,17,22)/t14-/m1/s1. The van der Waals surface area contributed by atoms with Gasteiger partial charge in [0.05, 0.1) is 11.0 Å². The van der Waals surface area contributed by atoms with E-state index in [4.69, 9.17) is 12.2 Å². The van der Waals surface area contributed by atoms with Crippen LogP contribution in [-0.2, 0) is 6.42 Å². The van der Waals surface area contributed by atoms with Gasteiger partial charge in [0.1, 0.15) is 0 Å². The van der Waals surface area contributed by atoms with Crippen molar-refractivity contribution in [1.29, 1.82) is 0 Å². The third kappa shape index (κ3) is 3.20. The Kier molecular flexibility index (Phi) is 4.58. The van der Waals surface area contributed by atoms with Crippen molar-refractivity contribution in [2.75, 3.05) is 11.9 Å². The second-order valence-electron chi connectivity index (χ2n) is 5.40. The molecule has 0 amide bonds. The van der Waals surface area contributed by atoms with Crippen LogP contribution < -0.4 is 5.32 Å². The van der Waals surface area contributed by atoms with Gasteiger partial charge >= 0.3 is 0 Å². The summed E-state index contributed by atoms with van der Waals surface area (Å²) in [5.74, 6) is 0. The zero-order valence-electron chi connectivity index (χ0n) is 12.7. The molecule has 0 saturated carbocycles. The molecule has 0 fully saturated rings. The predicted molar refractivity (Wildman–Crippen MR) is 97.1 cm³/mol. The van der Waals surface area contributed by atoms with E-state index in [9.17, 15) is 10.1 Å². The van der Waals surface area contributed by atoms with E-state index >= 15 is 0 Å². The van der Waals surface area contributed by atoms with Crippen molar-refractivity contribution >= 4 is 40.0 Å². The third-order valence-electron chi connectivity index (χ3n) is 4.07. The minimum atomic E-state index is -0.405. The summed E-state index contributed by atoms with van der Waals surface area (Å²) in [6.07, 6.45) is 2.00. The minimum absolute atomic E-state index is 0.0776. The number of nitro groups is 1. The quantitative estimate of drug-likeness (QED) is 0.508. The van der Waals surface area contributed by atoms with Gasteiger partial charge in [-0.05, 0) is 54.2 Å². The van der Waals surface area contributed by atoms with Gasteiger partial charge in [-0.25, -0.2) is 0 Å². The first-order chi connectivity index (χ1) is 11.1. The Morgan fingerprint density at radius 2 is 2.17 bits per heavy atom. The number of fused-ring (bicyclic) bond motifs is 1. The van der Waals surface area contributed by atoms with Crippen LogP contribution in [0.15, 0.2) is 35.7 Å². The number of rotatable bonds is 3. The number of thiophene rings is 1. The van der Waals surface area contributed by atoms with E-state index in [1.54, 1.807) is 12.1 Å². The van der Waals surface area contributed by atoms with Crippen molar-refractivity contribution < 1.29 is 4.92 Å². The molecule has 0 bridgehead atoms. The molecule has 0 aliphatic carbocycles. The summed E-state index contributed by atoms with van der Waals surface area (Å²) in [5, 5.41) is 16.7. The fourth-order valence-corrected chi connectivity index (χ4v) is 4.21. The number of anilines is 1. The van der Waals surface area contributed by atoms with Gasteiger partial charge in [-0.3, -0.25) is 10.1 Å². The molecule has 1 atom stereocenters. The van der Waals surface area contributed by atoms with E-state index in [1.807, 2.05) is 11.3 Å². The highest BCUT2D eigenvalue weighted by molar-refractivity contribution is 7.80. The first-order valence-corrected chi connectivity index (χ1v) is 8.77. The van der Waals surface area contributed by atoms with Gasteiger partial charge in [-0.15, -0.1) is 11.3 Å². The predicted octanol–water partition coefficient (Wildman–Crippen LogP) is 4.36. The van der Waals surface area contributed by atoms with Gasteiger partial charge in [0, 0.05) is 29.2 Å². The van der Waals surface area contributed by atoms with Crippen LogP contribution in [0.1, 0.15) is 29.8 Å². The van der Waals surface area contributed by atoms with E-state index in [0.29, 0.717) is 11.2 Å². The Bertz CT molecular complexity index is 727. The molecule has 0 unspecified atom stereocenters. The molecular formula is C16H17N3O2S2. The van der Waals surface area contributed by atoms with E-state index in [1.165, 1.54) is 22.6 Å². The third-order valence-corrected chi connectivity index (χ3v) is 5.40. The molecule has 2 heterocycles. The first-order valence-electron chi connectivity index (χ1n) is 7.48. The molecule has 120 valence electrons. The highest BCUT2D eigenvalue weighted by Crippen LogP contribution is 2.35. The van der Waals surface area contributed by atoms with Crippen LogP contribution in [0.25, 0.3) is 0 Å². The number of nitrogens with zero attached hydrogens (tertiary/aromatic N) is 2.